The van der Waals surface area contributed by atoms with Crippen molar-refractivity contribution in [1.82, 2.24) is 5.32 Å². The average Bonchev–Trinajstić information content (AvgIpc) is 2.72. The van der Waals surface area contributed by atoms with Gasteiger partial charge in [0.25, 0.3) is 0 Å². The molecule has 0 aliphatic carbocycles. The minimum absolute atomic E-state index is 0.0615. The molecule has 2 N–H and O–H groups in total. The van der Waals surface area contributed by atoms with Crippen LogP contribution in [0.4, 0.5) is 5.69 Å². The zero-order valence-electron chi connectivity index (χ0n) is 16.7. The van der Waals surface area contributed by atoms with Gasteiger partial charge in [0.1, 0.15) is 12.6 Å². The van der Waals surface area contributed by atoms with E-state index in [0.29, 0.717) is 12.3 Å². The maximum absolute atomic E-state index is 12.8. The number of amides is 2. The molecule has 0 saturated carbocycles. The van der Waals surface area contributed by atoms with Crippen LogP contribution in [0.15, 0.2) is 72.8 Å². The summed E-state index contributed by atoms with van der Waals surface area (Å²) in [6.45, 7) is 4.05. The van der Waals surface area contributed by atoms with Gasteiger partial charge >= 0.3 is 0 Å². The number of nitrogens with one attached hydrogen (secondary N) is 2. The Kier molecular flexibility index (Phi) is 6.98. The van der Waals surface area contributed by atoms with Crippen molar-refractivity contribution >= 4 is 28.3 Å². The fourth-order valence-corrected chi connectivity index (χ4v) is 3.07. The Hall–Kier alpha value is -3.18. The molecule has 0 aromatic heterocycles. The number of ether oxygens (including phenoxy) is 1. The van der Waals surface area contributed by atoms with Gasteiger partial charge in [-0.1, -0.05) is 74.5 Å². The largest absolute Gasteiger partial charge is 0.367 e. The van der Waals surface area contributed by atoms with Crippen molar-refractivity contribution < 1.29 is 14.3 Å². The SMILES string of the molecule is CC(C)C(NC(=O)COCc1ccccc1)C(=O)Nc1ccc2ccccc2c1. The molecule has 0 bridgehead atoms. The molecule has 2 amide bonds. The van der Waals surface area contributed by atoms with Gasteiger partial charge in [0.2, 0.25) is 11.8 Å². The molecule has 0 saturated heterocycles. The number of carbonyl (C=O) groups is 2. The van der Waals surface area contributed by atoms with Gasteiger partial charge in [-0.2, -0.15) is 0 Å². The number of benzene rings is 3. The van der Waals surface area contributed by atoms with Crippen molar-refractivity contribution in [2.45, 2.75) is 26.5 Å². The quantitative estimate of drug-likeness (QED) is 0.608. The van der Waals surface area contributed by atoms with Gasteiger partial charge in [0.05, 0.1) is 6.61 Å². The lowest BCUT2D eigenvalue weighted by atomic mass is 10.0. The maximum Gasteiger partial charge on any atom is 0.247 e. The molecule has 3 aromatic rings. The van der Waals surface area contributed by atoms with Gasteiger partial charge in [-0.15, -0.1) is 0 Å². The van der Waals surface area contributed by atoms with Crippen molar-refractivity contribution in [3.8, 4) is 0 Å². The zero-order valence-corrected chi connectivity index (χ0v) is 16.7. The van der Waals surface area contributed by atoms with E-state index in [1.807, 2.05) is 86.6 Å². The molecule has 29 heavy (non-hydrogen) atoms. The van der Waals surface area contributed by atoms with Crippen molar-refractivity contribution in [3.05, 3.63) is 78.4 Å². The summed E-state index contributed by atoms with van der Waals surface area (Å²) in [6.07, 6.45) is 0. The molecular formula is C24H26N2O3. The molecule has 0 fully saturated rings. The molecule has 150 valence electrons. The normalized spacial score (nSPS) is 12.0. The molecule has 0 aliphatic heterocycles. The molecular weight excluding hydrogens is 364 g/mol. The number of carbonyl (C=O) groups excluding carboxylic acids is 2. The van der Waals surface area contributed by atoms with Gasteiger partial charge in [-0.25, -0.2) is 0 Å². The highest BCUT2D eigenvalue weighted by atomic mass is 16.5. The van der Waals surface area contributed by atoms with Crippen LogP contribution in [0, 0.1) is 5.92 Å². The fourth-order valence-electron chi connectivity index (χ4n) is 3.07. The van der Waals surface area contributed by atoms with E-state index < -0.39 is 6.04 Å². The third-order valence-electron chi connectivity index (χ3n) is 4.63. The smallest absolute Gasteiger partial charge is 0.247 e. The number of rotatable bonds is 8. The Balaban J connectivity index is 1.56. The highest BCUT2D eigenvalue weighted by Gasteiger charge is 2.24. The molecule has 0 aliphatic rings. The summed E-state index contributed by atoms with van der Waals surface area (Å²) < 4.78 is 5.46. The Labute approximate surface area is 171 Å². The van der Waals surface area contributed by atoms with Crippen molar-refractivity contribution in [2.75, 3.05) is 11.9 Å². The molecule has 0 spiro atoms. The van der Waals surface area contributed by atoms with Crippen molar-refractivity contribution in [2.24, 2.45) is 5.92 Å². The monoisotopic (exact) mass is 390 g/mol. The van der Waals surface area contributed by atoms with Crippen molar-refractivity contribution in [3.63, 3.8) is 0 Å². The van der Waals surface area contributed by atoms with E-state index in [9.17, 15) is 9.59 Å². The summed E-state index contributed by atoms with van der Waals surface area (Å²) in [5, 5.41) is 7.84. The van der Waals surface area contributed by atoms with E-state index in [1.165, 1.54) is 0 Å². The molecule has 1 unspecified atom stereocenters. The number of fused-ring (bicyclic) bond motifs is 1. The van der Waals surface area contributed by atoms with E-state index >= 15 is 0 Å². The second-order valence-corrected chi connectivity index (χ2v) is 7.32. The topological polar surface area (TPSA) is 67.4 Å². The molecule has 0 radical (unpaired) electrons. The Morgan fingerprint density at radius 1 is 0.897 bits per heavy atom. The zero-order chi connectivity index (χ0) is 20.6. The number of hydrogen-bond donors (Lipinski definition) is 2. The predicted molar refractivity (Wildman–Crippen MR) is 115 cm³/mol. The van der Waals surface area contributed by atoms with Gasteiger partial charge in [-0.05, 0) is 34.4 Å². The van der Waals surface area contributed by atoms with Crippen LogP contribution in [0.2, 0.25) is 0 Å². The van der Waals surface area contributed by atoms with Crippen LogP contribution in [-0.2, 0) is 20.9 Å². The first-order valence-corrected chi connectivity index (χ1v) is 9.73. The fraction of sp³-hybridized carbons (Fsp3) is 0.250. The van der Waals surface area contributed by atoms with Crippen LogP contribution in [0.3, 0.4) is 0 Å². The molecule has 3 rings (SSSR count). The first-order valence-electron chi connectivity index (χ1n) is 9.73. The number of hydrogen-bond acceptors (Lipinski definition) is 3. The lowest BCUT2D eigenvalue weighted by molar-refractivity contribution is -0.130. The summed E-state index contributed by atoms with van der Waals surface area (Å²) in [4.78, 5) is 25.0. The van der Waals surface area contributed by atoms with Gasteiger partial charge in [-0.3, -0.25) is 9.59 Å². The van der Waals surface area contributed by atoms with Crippen molar-refractivity contribution in [1.29, 1.82) is 0 Å². The maximum atomic E-state index is 12.8. The van der Waals surface area contributed by atoms with Crippen LogP contribution < -0.4 is 10.6 Å². The molecule has 5 heteroatoms. The Morgan fingerprint density at radius 2 is 1.59 bits per heavy atom. The Bertz CT molecular complexity index is 970. The summed E-state index contributed by atoms with van der Waals surface area (Å²) in [7, 11) is 0. The van der Waals surface area contributed by atoms with Gasteiger partial charge < -0.3 is 15.4 Å². The molecule has 1 atom stereocenters. The molecule has 3 aromatic carbocycles. The van der Waals surface area contributed by atoms with E-state index in [2.05, 4.69) is 10.6 Å². The minimum Gasteiger partial charge on any atom is -0.367 e. The predicted octanol–water partition coefficient (Wildman–Crippen LogP) is 4.14. The van der Waals surface area contributed by atoms with Crippen LogP contribution in [-0.4, -0.2) is 24.5 Å². The first kappa shape index (κ1) is 20.6. The minimum atomic E-state index is -0.644. The van der Waals surface area contributed by atoms with E-state index in [1.54, 1.807) is 0 Å². The summed E-state index contributed by atoms with van der Waals surface area (Å²) in [5.41, 5.74) is 1.70. The summed E-state index contributed by atoms with van der Waals surface area (Å²) in [5.74, 6) is -0.617. The van der Waals surface area contributed by atoms with Gasteiger partial charge in [0.15, 0.2) is 0 Å². The third kappa shape index (κ3) is 5.90. The van der Waals surface area contributed by atoms with Crippen LogP contribution in [0.25, 0.3) is 10.8 Å². The van der Waals surface area contributed by atoms with E-state index in [-0.39, 0.29) is 24.3 Å². The second kappa shape index (κ2) is 9.85. The highest BCUT2D eigenvalue weighted by Crippen LogP contribution is 2.19. The lowest BCUT2D eigenvalue weighted by Gasteiger charge is -2.22. The first-order chi connectivity index (χ1) is 14.0. The summed E-state index contributed by atoms with van der Waals surface area (Å²) in [6, 6.07) is 22.7. The standard InChI is InChI=1S/C24H26N2O3/c1-17(2)23(26-22(27)16-29-15-18-8-4-3-5-9-18)24(28)25-21-13-12-19-10-6-7-11-20(19)14-21/h3-14,17,23H,15-16H2,1-2H3,(H,25,28)(H,26,27). The average molecular weight is 390 g/mol. The molecule has 5 nitrogen and oxygen atoms in total. The van der Waals surface area contributed by atoms with E-state index in [0.717, 1.165) is 16.3 Å². The van der Waals surface area contributed by atoms with Crippen LogP contribution in [0.5, 0.6) is 0 Å². The Morgan fingerprint density at radius 3 is 2.31 bits per heavy atom. The van der Waals surface area contributed by atoms with Crippen LogP contribution >= 0.6 is 0 Å². The number of anilines is 1. The highest BCUT2D eigenvalue weighted by molar-refractivity contribution is 5.99. The van der Waals surface area contributed by atoms with Crippen LogP contribution in [0.1, 0.15) is 19.4 Å². The molecule has 0 heterocycles. The lowest BCUT2D eigenvalue weighted by Crippen LogP contribution is -2.48. The van der Waals surface area contributed by atoms with E-state index in [4.69, 9.17) is 4.74 Å². The second-order valence-electron chi connectivity index (χ2n) is 7.32. The summed E-state index contributed by atoms with van der Waals surface area (Å²) >= 11 is 0. The third-order valence-corrected chi connectivity index (χ3v) is 4.63. The van der Waals surface area contributed by atoms with Gasteiger partial charge in [0, 0.05) is 5.69 Å².